The number of hydrogen-bond donors (Lipinski definition) is 0. The summed E-state index contributed by atoms with van der Waals surface area (Å²) < 4.78 is 4.57. The number of ether oxygens (including phenoxy) is 1. The summed E-state index contributed by atoms with van der Waals surface area (Å²) in [5, 5.41) is 0. The van der Waals surface area contributed by atoms with Crippen LogP contribution in [0.25, 0.3) is 0 Å². The van der Waals surface area contributed by atoms with Crippen LogP contribution in [0.15, 0.2) is 12.1 Å². The zero-order chi connectivity index (χ0) is 9.84. The first-order valence-corrected chi connectivity index (χ1v) is 4.13. The molecule has 0 amide bonds. The van der Waals surface area contributed by atoms with Crippen LogP contribution in [0.5, 0.6) is 0 Å². The topological polar surface area (TPSA) is 39.2 Å². The molecule has 0 radical (unpaired) electrons. The molecule has 13 heavy (non-hydrogen) atoms. The molecule has 0 unspecified atom stereocenters. The van der Waals surface area contributed by atoms with E-state index in [4.69, 9.17) is 0 Å². The smallest absolute Gasteiger partial charge is 0.311 e. The second-order valence-corrected chi connectivity index (χ2v) is 2.97. The minimum absolute atomic E-state index is 0.249. The highest BCUT2D eigenvalue weighted by atomic mass is 16.5. The highest BCUT2D eigenvalue weighted by molar-refractivity contribution is 5.72. The molecule has 0 saturated heterocycles. The second-order valence-electron chi connectivity index (χ2n) is 2.97. The number of carbonyl (C=O) groups is 1. The Bertz CT molecular complexity index is 321. The monoisotopic (exact) mass is 179 g/mol. The fourth-order valence-corrected chi connectivity index (χ4v) is 1.07. The molecule has 1 aromatic rings. The first-order chi connectivity index (χ1) is 6.13. The molecule has 1 heterocycles. The Labute approximate surface area is 77.8 Å². The number of esters is 1. The van der Waals surface area contributed by atoms with Crippen molar-refractivity contribution in [1.29, 1.82) is 0 Å². The lowest BCUT2D eigenvalue weighted by molar-refractivity contribution is -0.139. The van der Waals surface area contributed by atoms with Gasteiger partial charge in [-0.25, -0.2) is 0 Å². The summed E-state index contributed by atoms with van der Waals surface area (Å²) in [6.07, 6.45) is 0.254. The molecule has 0 aromatic carbocycles. The Balaban J connectivity index is 2.87. The first-order valence-electron chi connectivity index (χ1n) is 4.13. The average molecular weight is 179 g/mol. The van der Waals surface area contributed by atoms with Gasteiger partial charge in [0.05, 0.1) is 19.2 Å². The van der Waals surface area contributed by atoms with E-state index in [1.165, 1.54) is 7.11 Å². The van der Waals surface area contributed by atoms with Gasteiger partial charge in [-0.2, -0.15) is 0 Å². The van der Waals surface area contributed by atoms with E-state index in [9.17, 15) is 4.79 Å². The molecule has 0 aliphatic carbocycles. The minimum atomic E-state index is -0.249. The molecule has 70 valence electrons. The third-order valence-electron chi connectivity index (χ3n) is 1.88. The van der Waals surface area contributed by atoms with Gasteiger partial charge in [-0.1, -0.05) is 6.07 Å². The van der Waals surface area contributed by atoms with E-state index in [1.807, 2.05) is 26.0 Å². The summed E-state index contributed by atoms with van der Waals surface area (Å²) in [4.78, 5) is 15.2. The van der Waals surface area contributed by atoms with Crippen molar-refractivity contribution in [3.63, 3.8) is 0 Å². The van der Waals surface area contributed by atoms with Gasteiger partial charge in [0.1, 0.15) is 0 Å². The first kappa shape index (κ1) is 9.71. The van der Waals surface area contributed by atoms with Crippen molar-refractivity contribution in [3.8, 4) is 0 Å². The molecule has 0 bridgehead atoms. The molecule has 0 fully saturated rings. The third kappa shape index (κ3) is 2.54. The maximum atomic E-state index is 11.0. The molecular formula is C10H13NO2. The van der Waals surface area contributed by atoms with Crippen LogP contribution in [-0.2, 0) is 16.0 Å². The van der Waals surface area contributed by atoms with Crippen LogP contribution in [0.1, 0.15) is 17.0 Å². The van der Waals surface area contributed by atoms with Gasteiger partial charge in [-0.3, -0.25) is 9.78 Å². The molecule has 0 aliphatic rings. The summed E-state index contributed by atoms with van der Waals surface area (Å²) in [6, 6.07) is 3.89. The van der Waals surface area contributed by atoms with Gasteiger partial charge in [0, 0.05) is 5.69 Å². The van der Waals surface area contributed by atoms with Gasteiger partial charge < -0.3 is 4.74 Å². The highest BCUT2D eigenvalue weighted by Crippen LogP contribution is 2.07. The van der Waals surface area contributed by atoms with Gasteiger partial charge in [0.25, 0.3) is 0 Å². The zero-order valence-corrected chi connectivity index (χ0v) is 8.13. The van der Waals surface area contributed by atoms with Crippen LogP contribution >= 0.6 is 0 Å². The van der Waals surface area contributed by atoms with Crippen LogP contribution in [0.3, 0.4) is 0 Å². The normalized spacial score (nSPS) is 9.77. The Hall–Kier alpha value is -1.38. The number of aromatic nitrogens is 1. The van der Waals surface area contributed by atoms with E-state index in [0.29, 0.717) is 0 Å². The fraction of sp³-hybridized carbons (Fsp3) is 0.400. The molecule has 0 atom stereocenters. The van der Waals surface area contributed by atoms with E-state index in [1.54, 1.807) is 0 Å². The Morgan fingerprint density at radius 2 is 2.15 bits per heavy atom. The van der Waals surface area contributed by atoms with Crippen molar-refractivity contribution in [2.45, 2.75) is 20.3 Å². The van der Waals surface area contributed by atoms with Gasteiger partial charge in [-0.05, 0) is 25.5 Å². The zero-order valence-electron chi connectivity index (χ0n) is 8.13. The predicted molar refractivity (Wildman–Crippen MR) is 49.4 cm³/mol. The van der Waals surface area contributed by atoms with Gasteiger partial charge in [0.15, 0.2) is 0 Å². The molecule has 1 aromatic heterocycles. The van der Waals surface area contributed by atoms with Crippen molar-refractivity contribution in [2.24, 2.45) is 0 Å². The molecule has 3 heteroatoms. The highest BCUT2D eigenvalue weighted by Gasteiger charge is 2.06. The molecule has 0 N–H and O–H groups in total. The maximum absolute atomic E-state index is 11.0. The Morgan fingerprint density at radius 3 is 2.77 bits per heavy atom. The van der Waals surface area contributed by atoms with Crippen molar-refractivity contribution in [1.82, 2.24) is 4.98 Å². The SMILES string of the molecule is COC(=O)Cc1nc(C)ccc1C. The van der Waals surface area contributed by atoms with E-state index >= 15 is 0 Å². The van der Waals surface area contributed by atoms with E-state index in [-0.39, 0.29) is 12.4 Å². The van der Waals surface area contributed by atoms with Gasteiger partial charge in [-0.15, -0.1) is 0 Å². The quantitative estimate of drug-likeness (QED) is 0.644. The van der Waals surface area contributed by atoms with Gasteiger partial charge in [0.2, 0.25) is 0 Å². The molecule has 3 nitrogen and oxygen atoms in total. The Morgan fingerprint density at radius 1 is 1.46 bits per heavy atom. The van der Waals surface area contributed by atoms with Crippen molar-refractivity contribution < 1.29 is 9.53 Å². The number of aryl methyl sites for hydroxylation is 2. The predicted octanol–water partition coefficient (Wildman–Crippen LogP) is 1.41. The van der Waals surface area contributed by atoms with Crippen LogP contribution < -0.4 is 0 Å². The van der Waals surface area contributed by atoms with Crippen LogP contribution in [0.4, 0.5) is 0 Å². The van der Waals surface area contributed by atoms with Crippen LogP contribution in [-0.4, -0.2) is 18.1 Å². The Kier molecular flexibility index (Phi) is 3.01. The lowest BCUT2D eigenvalue weighted by atomic mass is 10.1. The molecule has 0 aliphatic heterocycles. The summed E-state index contributed by atoms with van der Waals surface area (Å²) in [7, 11) is 1.38. The molecular weight excluding hydrogens is 166 g/mol. The number of methoxy groups -OCH3 is 1. The van der Waals surface area contributed by atoms with Crippen LogP contribution in [0.2, 0.25) is 0 Å². The summed E-state index contributed by atoms with van der Waals surface area (Å²) in [6.45, 7) is 3.84. The third-order valence-corrected chi connectivity index (χ3v) is 1.88. The van der Waals surface area contributed by atoms with Gasteiger partial charge >= 0.3 is 5.97 Å². The molecule has 1 rings (SSSR count). The van der Waals surface area contributed by atoms with Crippen molar-refractivity contribution in [2.75, 3.05) is 7.11 Å². The fourth-order valence-electron chi connectivity index (χ4n) is 1.07. The number of rotatable bonds is 2. The summed E-state index contributed by atoms with van der Waals surface area (Å²) in [5.74, 6) is -0.249. The van der Waals surface area contributed by atoms with Crippen molar-refractivity contribution in [3.05, 3.63) is 29.1 Å². The lowest BCUT2D eigenvalue weighted by Gasteiger charge is -2.04. The standard InChI is InChI=1S/C10H13NO2/c1-7-4-5-8(2)11-9(7)6-10(12)13-3/h4-5H,6H2,1-3H3. The largest absolute Gasteiger partial charge is 0.469 e. The number of pyridine rings is 1. The number of nitrogens with zero attached hydrogens (tertiary/aromatic N) is 1. The number of carbonyl (C=O) groups excluding carboxylic acids is 1. The lowest BCUT2D eigenvalue weighted by Crippen LogP contribution is -2.08. The maximum Gasteiger partial charge on any atom is 0.311 e. The average Bonchev–Trinajstić information content (AvgIpc) is 2.11. The summed E-state index contributed by atoms with van der Waals surface area (Å²) in [5.41, 5.74) is 2.74. The van der Waals surface area contributed by atoms with E-state index in [0.717, 1.165) is 17.0 Å². The second kappa shape index (κ2) is 4.03. The van der Waals surface area contributed by atoms with Crippen molar-refractivity contribution >= 4 is 5.97 Å². The van der Waals surface area contributed by atoms with E-state index in [2.05, 4.69) is 9.72 Å². The summed E-state index contributed by atoms with van der Waals surface area (Å²) >= 11 is 0. The molecule has 0 saturated carbocycles. The molecule has 0 spiro atoms. The minimum Gasteiger partial charge on any atom is -0.469 e. The van der Waals surface area contributed by atoms with E-state index < -0.39 is 0 Å². The van der Waals surface area contributed by atoms with Crippen LogP contribution in [0, 0.1) is 13.8 Å². The number of hydrogen-bond acceptors (Lipinski definition) is 3.